The molecule has 1 aromatic carbocycles. The van der Waals surface area contributed by atoms with E-state index in [-0.39, 0.29) is 0 Å². The van der Waals surface area contributed by atoms with Gasteiger partial charge in [-0.1, -0.05) is 28.1 Å². The smallest absolute Gasteiger partial charge is 0.287 e. The van der Waals surface area contributed by atoms with Crippen LogP contribution in [0, 0.1) is 6.07 Å². The van der Waals surface area contributed by atoms with E-state index in [9.17, 15) is 13.2 Å². The Hall–Kier alpha value is -0.550. The van der Waals surface area contributed by atoms with Crippen molar-refractivity contribution >= 4 is 15.9 Å². The van der Waals surface area contributed by atoms with Crippen LogP contribution in [0.15, 0.2) is 22.7 Å². The summed E-state index contributed by atoms with van der Waals surface area (Å²) in [6, 6.07) is 7.31. The fraction of sp³-hybridized carbons (Fsp3) is 0.250. The Morgan fingerprint density at radius 2 is 2.15 bits per heavy atom. The van der Waals surface area contributed by atoms with E-state index < -0.39 is 13.0 Å². The Bertz CT molecular complexity index is 285. The predicted molar refractivity (Wildman–Crippen MR) is 43.8 cm³/mol. The van der Waals surface area contributed by atoms with E-state index in [1.54, 1.807) is 0 Å². The van der Waals surface area contributed by atoms with Crippen LogP contribution >= 0.6 is 15.9 Å². The lowest BCUT2D eigenvalue weighted by molar-refractivity contribution is -0.330. The zero-order chi connectivity index (χ0) is 9.90. The summed E-state index contributed by atoms with van der Waals surface area (Å²) in [5.41, 5.74) is 0.447. The number of hydrogen-bond donors (Lipinski definition) is 0. The average Bonchev–Trinajstić information content (AvgIpc) is 2.00. The van der Waals surface area contributed by atoms with Crippen LogP contribution in [0.25, 0.3) is 0 Å². The summed E-state index contributed by atoms with van der Waals surface area (Å²) in [7, 11) is 0. The van der Waals surface area contributed by atoms with Crippen molar-refractivity contribution in [3.05, 3.63) is 34.3 Å². The topological polar surface area (TPSA) is 9.23 Å². The molecule has 5 heteroatoms. The predicted octanol–water partition coefficient (Wildman–Crippen LogP) is 3.29. The van der Waals surface area contributed by atoms with Crippen molar-refractivity contribution in [2.45, 2.75) is 13.0 Å². The molecule has 1 nitrogen and oxygen atoms in total. The van der Waals surface area contributed by atoms with Gasteiger partial charge < -0.3 is 0 Å². The van der Waals surface area contributed by atoms with Gasteiger partial charge in [0.15, 0.2) is 0 Å². The Morgan fingerprint density at radius 1 is 1.46 bits per heavy atom. The van der Waals surface area contributed by atoms with E-state index in [1.807, 2.05) is 0 Å². The van der Waals surface area contributed by atoms with E-state index in [2.05, 4.69) is 26.7 Å². The zero-order valence-corrected chi connectivity index (χ0v) is 7.95. The molecular formula is C8H5BrF3O. The maximum absolute atomic E-state index is 11.6. The van der Waals surface area contributed by atoms with E-state index in [0.717, 1.165) is 0 Å². The fourth-order valence-electron chi connectivity index (χ4n) is 0.736. The minimum absolute atomic E-state index is 0.447. The van der Waals surface area contributed by atoms with Crippen molar-refractivity contribution in [1.29, 1.82) is 0 Å². The summed E-state index contributed by atoms with van der Waals surface area (Å²) >= 11 is 3.09. The van der Waals surface area contributed by atoms with Crippen LogP contribution in [0.4, 0.5) is 13.2 Å². The molecule has 0 aliphatic carbocycles. The van der Waals surface area contributed by atoms with E-state index in [4.69, 9.17) is 0 Å². The van der Waals surface area contributed by atoms with E-state index >= 15 is 0 Å². The third kappa shape index (κ3) is 4.28. The molecule has 71 valence electrons. The number of rotatable bonds is 2. The molecular weight excluding hydrogens is 249 g/mol. The molecule has 0 N–H and O–H groups in total. The molecule has 13 heavy (non-hydrogen) atoms. The van der Waals surface area contributed by atoms with Crippen LogP contribution < -0.4 is 0 Å². The highest BCUT2D eigenvalue weighted by Gasteiger charge is 2.28. The van der Waals surface area contributed by atoms with Crippen molar-refractivity contribution in [3.63, 3.8) is 0 Å². The molecule has 0 aliphatic rings. The molecule has 1 radical (unpaired) electrons. The van der Waals surface area contributed by atoms with Gasteiger partial charge in [0.2, 0.25) is 0 Å². The first-order valence-corrected chi connectivity index (χ1v) is 4.13. The highest BCUT2D eigenvalue weighted by molar-refractivity contribution is 9.10. The van der Waals surface area contributed by atoms with Gasteiger partial charge in [-0.3, -0.25) is 4.74 Å². The van der Waals surface area contributed by atoms with Crippen LogP contribution in [0.2, 0.25) is 0 Å². The Balaban J connectivity index is 2.55. The normalized spacial score (nSPS) is 11.7. The lowest BCUT2D eigenvalue weighted by Crippen LogP contribution is -2.12. The molecule has 0 saturated carbocycles. The molecule has 0 saturated heterocycles. The maximum Gasteiger partial charge on any atom is 0.522 e. The molecule has 0 bridgehead atoms. The lowest BCUT2D eigenvalue weighted by atomic mass is 10.2. The number of alkyl halides is 3. The highest BCUT2D eigenvalue weighted by Crippen LogP contribution is 2.19. The van der Waals surface area contributed by atoms with Crippen molar-refractivity contribution in [2.75, 3.05) is 0 Å². The van der Waals surface area contributed by atoms with Crippen LogP contribution in [-0.4, -0.2) is 6.36 Å². The lowest BCUT2D eigenvalue weighted by Gasteiger charge is -2.06. The summed E-state index contributed by atoms with van der Waals surface area (Å²) in [5, 5.41) is 0. The summed E-state index contributed by atoms with van der Waals surface area (Å²) in [5.74, 6) is 0. The molecule has 1 rings (SSSR count). The van der Waals surface area contributed by atoms with Crippen LogP contribution in [0.3, 0.4) is 0 Å². The molecule has 0 atom stereocenters. The monoisotopic (exact) mass is 253 g/mol. The number of ether oxygens (including phenoxy) is 1. The van der Waals surface area contributed by atoms with E-state index in [0.29, 0.717) is 10.0 Å². The quantitative estimate of drug-likeness (QED) is 0.786. The highest BCUT2D eigenvalue weighted by atomic mass is 79.9. The SMILES string of the molecule is FC(F)(F)OCc1cc[c]c(Br)c1. The average molecular weight is 254 g/mol. The third-order valence-electron chi connectivity index (χ3n) is 1.23. The second-order valence-electron chi connectivity index (χ2n) is 2.28. The van der Waals surface area contributed by atoms with Crippen LogP contribution in [0.5, 0.6) is 0 Å². The Kier molecular flexibility index (Phi) is 3.33. The Morgan fingerprint density at radius 3 is 2.69 bits per heavy atom. The zero-order valence-electron chi connectivity index (χ0n) is 6.36. The van der Waals surface area contributed by atoms with Crippen LogP contribution in [0.1, 0.15) is 5.56 Å². The van der Waals surface area contributed by atoms with Gasteiger partial charge >= 0.3 is 6.36 Å². The first-order chi connectivity index (χ1) is 5.97. The standard InChI is InChI=1S/C8H5BrF3O/c9-7-3-1-2-6(4-7)5-13-8(10,11)12/h1-2,4H,5H2. The van der Waals surface area contributed by atoms with Crippen molar-refractivity contribution in [3.8, 4) is 0 Å². The van der Waals surface area contributed by atoms with E-state index in [1.165, 1.54) is 18.2 Å². The number of halogens is 4. The summed E-state index contributed by atoms with van der Waals surface area (Å²) in [6.07, 6.45) is -4.58. The molecule has 0 unspecified atom stereocenters. The summed E-state index contributed by atoms with van der Waals surface area (Å²) in [4.78, 5) is 0. The molecule has 0 spiro atoms. The molecule has 0 amide bonds. The van der Waals surface area contributed by atoms with Gasteiger partial charge in [-0.25, -0.2) is 0 Å². The van der Waals surface area contributed by atoms with Crippen molar-refractivity contribution < 1.29 is 17.9 Å². The largest absolute Gasteiger partial charge is 0.522 e. The van der Waals surface area contributed by atoms with Gasteiger partial charge in [-0.2, -0.15) is 0 Å². The van der Waals surface area contributed by atoms with Gasteiger partial charge in [0.25, 0.3) is 0 Å². The minimum atomic E-state index is -4.58. The second-order valence-corrected chi connectivity index (χ2v) is 3.13. The summed E-state index contributed by atoms with van der Waals surface area (Å²) < 4.78 is 39.0. The van der Waals surface area contributed by atoms with Gasteiger partial charge in [-0.05, 0) is 17.7 Å². The van der Waals surface area contributed by atoms with Gasteiger partial charge in [0.1, 0.15) is 0 Å². The molecule has 0 aliphatic heterocycles. The molecule has 1 aromatic rings. The number of benzene rings is 1. The van der Waals surface area contributed by atoms with Gasteiger partial charge in [-0.15, -0.1) is 13.2 Å². The van der Waals surface area contributed by atoms with Crippen LogP contribution in [-0.2, 0) is 11.3 Å². The fourth-order valence-corrected chi connectivity index (χ4v) is 1.16. The third-order valence-corrected chi connectivity index (χ3v) is 1.69. The van der Waals surface area contributed by atoms with Crippen molar-refractivity contribution in [1.82, 2.24) is 0 Å². The van der Waals surface area contributed by atoms with Gasteiger partial charge in [0.05, 0.1) is 6.61 Å². The van der Waals surface area contributed by atoms with Crippen molar-refractivity contribution in [2.24, 2.45) is 0 Å². The molecule has 0 fully saturated rings. The first-order valence-electron chi connectivity index (χ1n) is 3.34. The summed E-state index contributed by atoms with van der Waals surface area (Å²) in [6.45, 7) is -0.475. The second kappa shape index (κ2) is 4.11. The first kappa shape index (κ1) is 10.5. The molecule has 0 heterocycles. The molecule has 0 aromatic heterocycles. The Labute approximate surface area is 81.6 Å². The number of hydrogen-bond acceptors (Lipinski definition) is 1. The minimum Gasteiger partial charge on any atom is -0.287 e. The van der Waals surface area contributed by atoms with Gasteiger partial charge in [0, 0.05) is 4.47 Å². The maximum atomic E-state index is 11.6.